The third-order valence-electron chi connectivity index (χ3n) is 5.34. The zero-order valence-electron chi connectivity index (χ0n) is 15.0. The first-order valence-electron chi connectivity index (χ1n) is 8.81. The maximum absolute atomic E-state index is 13.3. The average molecular weight is 373 g/mol. The second kappa shape index (κ2) is 6.38. The Morgan fingerprint density at radius 3 is 2.65 bits per heavy atom. The smallest absolute Gasteiger partial charge is 0.123 e. The molecule has 1 aliphatic rings. The highest BCUT2D eigenvalue weighted by molar-refractivity contribution is 6.31. The van der Waals surface area contributed by atoms with Crippen LogP contribution in [0.2, 0.25) is 5.02 Å². The lowest BCUT2D eigenvalue weighted by molar-refractivity contribution is 0.0384. The summed E-state index contributed by atoms with van der Waals surface area (Å²) in [4.78, 5) is 2.30. The van der Waals surface area contributed by atoms with Crippen LogP contribution in [0.15, 0.2) is 42.5 Å². The first-order valence-corrected chi connectivity index (χ1v) is 9.19. The Morgan fingerprint density at radius 2 is 1.92 bits per heavy atom. The van der Waals surface area contributed by atoms with Crippen molar-refractivity contribution < 1.29 is 9.50 Å². The largest absolute Gasteiger partial charge is 0.384 e. The molecule has 1 aromatic heterocycles. The number of halogens is 2. The summed E-state index contributed by atoms with van der Waals surface area (Å²) in [6.07, 6.45) is 0.928. The molecule has 0 saturated carbocycles. The molecule has 0 radical (unpaired) electrons. The summed E-state index contributed by atoms with van der Waals surface area (Å²) in [5, 5.41) is 13.0. The molecule has 1 atom stereocenters. The lowest BCUT2D eigenvalue weighted by Crippen LogP contribution is -2.31. The molecule has 0 amide bonds. The second-order valence-corrected chi connectivity index (χ2v) is 7.88. The number of aliphatic hydroxyl groups is 1. The fraction of sp³-hybridized carbons (Fsp3) is 0.333. The van der Waals surface area contributed by atoms with Gasteiger partial charge in [0.25, 0.3) is 0 Å². The molecule has 0 aliphatic carbocycles. The quantitative estimate of drug-likeness (QED) is 0.741. The van der Waals surface area contributed by atoms with Crippen molar-refractivity contribution in [3.05, 3.63) is 70.1 Å². The van der Waals surface area contributed by atoms with Gasteiger partial charge in [0.05, 0.1) is 6.54 Å². The summed E-state index contributed by atoms with van der Waals surface area (Å²) < 4.78 is 15.5. The molecule has 136 valence electrons. The van der Waals surface area contributed by atoms with Gasteiger partial charge in [0.2, 0.25) is 0 Å². The monoisotopic (exact) mass is 372 g/mol. The summed E-state index contributed by atoms with van der Waals surface area (Å²) in [5.74, 6) is -0.300. The van der Waals surface area contributed by atoms with Crippen molar-refractivity contribution in [3.63, 3.8) is 0 Å². The SMILES string of the molecule is CN1CCc2c(c3cc(Cl)ccc3n2C[C@@](C)(O)c2ccc(F)cc2)C1. The van der Waals surface area contributed by atoms with Crippen LogP contribution in [0.3, 0.4) is 0 Å². The Balaban J connectivity index is 1.82. The highest BCUT2D eigenvalue weighted by Gasteiger charge is 2.29. The zero-order chi connectivity index (χ0) is 18.5. The van der Waals surface area contributed by atoms with Crippen molar-refractivity contribution in [2.45, 2.75) is 32.0 Å². The molecular weight excluding hydrogens is 351 g/mol. The molecule has 26 heavy (non-hydrogen) atoms. The number of hydrogen-bond acceptors (Lipinski definition) is 2. The van der Waals surface area contributed by atoms with Gasteiger partial charge in [0, 0.05) is 41.1 Å². The third kappa shape index (κ3) is 3.02. The Morgan fingerprint density at radius 1 is 1.19 bits per heavy atom. The molecule has 0 fully saturated rings. The van der Waals surface area contributed by atoms with Crippen LogP contribution in [-0.2, 0) is 25.1 Å². The highest BCUT2D eigenvalue weighted by Crippen LogP contribution is 2.35. The van der Waals surface area contributed by atoms with Crippen LogP contribution in [0, 0.1) is 5.82 Å². The van der Waals surface area contributed by atoms with E-state index in [9.17, 15) is 9.50 Å². The van der Waals surface area contributed by atoms with Gasteiger partial charge in [-0.2, -0.15) is 0 Å². The minimum absolute atomic E-state index is 0.300. The number of aromatic nitrogens is 1. The summed E-state index contributed by atoms with van der Waals surface area (Å²) in [5.41, 5.74) is 3.22. The molecule has 0 bridgehead atoms. The molecule has 0 spiro atoms. The fourth-order valence-electron chi connectivity index (χ4n) is 3.95. The van der Waals surface area contributed by atoms with Gasteiger partial charge in [0.15, 0.2) is 0 Å². The van der Waals surface area contributed by atoms with Gasteiger partial charge in [-0.05, 0) is 55.4 Å². The minimum atomic E-state index is -1.10. The summed E-state index contributed by atoms with van der Waals surface area (Å²) in [6.45, 7) is 4.05. The van der Waals surface area contributed by atoms with Gasteiger partial charge in [-0.1, -0.05) is 23.7 Å². The van der Waals surface area contributed by atoms with E-state index in [1.165, 1.54) is 23.4 Å². The van der Waals surface area contributed by atoms with Crippen LogP contribution >= 0.6 is 11.6 Å². The predicted octanol–water partition coefficient (Wildman–Crippen LogP) is 4.33. The summed E-state index contributed by atoms with van der Waals surface area (Å²) >= 11 is 6.24. The van der Waals surface area contributed by atoms with E-state index in [4.69, 9.17) is 11.6 Å². The normalized spacial score (nSPS) is 17.3. The second-order valence-electron chi connectivity index (χ2n) is 7.44. The molecule has 5 heteroatoms. The number of fused-ring (bicyclic) bond motifs is 3. The maximum atomic E-state index is 13.3. The van der Waals surface area contributed by atoms with Crippen molar-refractivity contribution in [1.29, 1.82) is 0 Å². The van der Waals surface area contributed by atoms with Crippen molar-refractivity contribution in [1.82, 2.24) is 9.47 Å². The van der Waals surface area contributed by atoms with Crippen LogP contribution in [0.4, 0.5) is 4.39 Å². The number of hydrogen-bond donors (Lipinski definition) is 1. The number of nitrogens with zero attached hydrogens (tertiary/aromatic N) is 2. The van der Waals surface area contributed by atoms with E-state index in [1.54, 1.807) is 19.1 Å². The standard InChI is InChI=1S/C21H22ClFN2O/c1-21(26,14-3-6-16(23)7-4-14)13-25-19-8-5-15(22)11-17(19)18-12-24(2)10-9-20(18)25/h3-8,11,26H,9-10,12-13H2,1-2H3/t21-/m1/s1. The Bertz CT molecular complexity index is 962. The van der Waals surface area contributed by atoms with E-state index in [-0.39, 0.29) is 5.82 Å². The van der Waals surface area contributed by atoms with E-state index in [0.717, 1.165) is 35.4 Å². The molecule has 3 nitrogen and oxygen atoms in total. The van der Waals surface area contributed by atoms with Crippen LogP contribution in [0.25, 0.3) is 10.9 Å². The van der Waals surface area contributed by atoms with E-state index in [2.05, 4.69) is 16.5 Å². The first-order chi connectivity index (χ1) is 12.3. The van der Waals surface area contributed by atoms with Crippen molar-refractivity contribution >= 4 is 22.5 Å². The van der Waals surface area contributed by atoms with Gasteiger partial charge in [-0.15, -0.1) is 0 Å². The van der Waals surface area contributed by atoms with Crippen molar-refractivity contribution in [2.24, 2.45) is 0 Å². The van der Waals surface area contributed by atoms with Crippen LogP contribution in [-0.4, -0.2) is 28.2 Å². The molecular formula is C21H22ClFN2O. The van der Waals surface area contributed by atoms with Gasteiger partial charge in [0.1, 0.15) is 11.4 Å². The van der Waals surface area contributed by atoms with Crippen LogP contribution < -0.4 is 0 Å². The van der Waals surface area contributed by atoms with E-state index >= 15 is 0 Å². The van der Waals surface area contributed by atoms with Crippen molar-refractivity contribution in [2.75, 3.05) is 13.6 Å². The van der Waals surface area contributed by atoms with Gasteiger partial charge >= 0.3 is 0 Å². The van der Waals surface area contributed by atoms with E-state index in [0.29, 0.717) is 12.1 Å². The molecule has 2 heterocycles. The van der Waals surface area contributed by atoms with Gasteiger partial charge < -0.3 is 14.6 Å². The molecule has 0 unspecified atom stereocenters. The molecule has 0 saturated heterocycles. The first kappa shape index (κ1) is 17.5. The molecule has 2 aromatic carbocycles. The molecule has 1 aliphatic heterocycles. The molecule has 4 rings (SSSR count). The Labute approximate surface area is 157 Å². The Hall–Kier alpha value is -1.88. The van der Waals surface area contributed by atoms with E-state index < -0.39 is 5.60 Å². The highest BCUT2D eigenvalue weighted by atomic mass is 35.5. The summed E-state index contributed by atoms with van der Waals surface area (Å²) in [6, 6.07) is 12.0. The maximum Gasteiger partial charge on any atom is 0.123 e. The average Bonchev–Trinajstić information content (AvgIpc) is 2.87. The Kier molecular flexibility index (Phi) is 4.30. The summed E-state index contributed by atoms with van der Waals surface area (Å²) in [7, 11) is 2.12. The van der Waals surface area contributed by atoms with Gasteiger partial charge in [-0.25, -0.2) is 4.39 Å². The predicted molar refractivity (Wildman–Crippen MR) is 103 cm³/mol. The van der Waals surface area contributed by atoms with Gasteiger partial charge in [-0.3, -0.25) is 0 Å². The number of likely N-dealkylation sites (N-methyl/N-ethyl adjacent to an activating group) is 1. The minimum Gasteiger partial charge on any atom is -0.384 e. The van der Waals surface area contributed by atoms with E-state index in [1.807, 2.05) is 18.2 Å². The third-order valence-corrected chi connectivity index (χ3v) is 5.57. The van der Waals surface area contributed by atoms with Crippen LogP contribution in [0.5, 0.6) is 0 Å². The zero-order valence-corrected chi connectivity index (χ0v) is 15.7. The topological polar surface area (TPSA) is 28.4 Å². The lowest BCUT2D eigenvalue weighted by atomic mass is 9.95. The molecule has 3 aromatic rings. The van der Waals surface area contributed by atoms with Crippen molar-refractivity contribution in [3.8, 4) is 0 Å². The molecule has 1 N–H and O–H groups in total. The lowest BCUT2D eigenvalue weighted by Gasteiger charge is -2.29. The fourth-order valence-corrected chi connectivity index (χ4v) is 4.12. The van der Waals surface area contributed by atoms with Crippen LogP contribution in [0.1, 0.15) is 23.7 Å². The number of benzene rings is 2. The number of rotatable bonds is 3.